The van der Waals surface area contributed by atoms with E-state index < -0.39 is 0 Å². The minimum atomic E-state index is -0.361. The molecule has 0 amide bonds. The zero-order valence-electron chi connectivity index (χ0n) is 18.7. The molecule has 0 bridgehead atoms. The van der Waals surface area contributed by atoms with Crippen LogP contribution in [-0.2, 0) is 9.47 Å². The number of hydrogen-bond donors (Lipinski definition) is 0. The summed E-state index contributed by atoms with van der Waals surface area (Å²) in [5.74, 6) is -0.715. The molecule has 0 N–H and O–H groups in total. The molecular weight excluding hydrogens is 388 g/mol. The first kappa shape index (κ1) is 22.3. The number of ether oxygens (including phenoxy) is 2. The third-order valence-electron chi connectivity index (χ3n) is 5.19. The number of hydrogen-bond acceptors (Lipinski definition) is 4. The quantitative estimate of drug-likeness (QED) is 0.443. The topological polar surface area (TPSA) is 52.6 Å². The lowest BCUT2D eigenvalue weighted by molar-refractivity contribution is 0.0517. The van der Waals surface area contributed by atoms with E-state index in [1.807, 2.05) is 75.4 Å². The number of carbonyl (C=O) groups excluding carboxylic acids is 2. The minimum Gasteiger partial charge on any atom is -0.462 e. The fraction of sp³-hybridized carbons (Fsp3) is 0.259. The molecule has 0 fully saturated rings. The number of aryl methyl sites for hydroxylation is 3. The van der Waals surface area contributed by atoms with Crippen LogP contribution in [0.4, 0.5) is 0 Å². The number of benzene rings is 3. The monoisotopic (exact) mass is 416 g/mol. The molecule has 0 heterocycles. The molecule has 4 heteroatoms. The third-order valence-corrected chi connectivity index (χ3v) is 5.19. The van der Waals surface area contributed by atoms with Crippen LogP contribution in [0.5, 0.6) is 0 Å². The molecule has 0 aliphatic carbocycles. The molecule has 4 nitrogen and oxygen atoms in total. The lowest BCUT2D eigenvalue weighted by Crippen LogP contribution is -2.08. The van der Waals surface area contributed by atoms with E-state index in [0.717, 1.165) is 38.9 Å². The van der Waals surface area contributed by atoms with Gasteiger partial charge in [-0.15, -0.1) is 0 Å². The van der Waals surface area contributed by atoms with Crippen LogP contribution in [0.2, 0.25) is 0 Å². The van der Waals surface area contributed by atoms with Crippen molar-refractivity contribution in [3.05, 3.63) is 82.4 Å². The highest BCUT2D eigenvalue weighted by molar-refractivity contribution is 6.00. The number of rotatable bonds is 6. The van der Waals surface area contributed by atoms with Crippen molar-refractivity contribution in [3.63, 3.8) is 0 Å². The van der Waals surface area contributed by atoms with Crippen molar-refractivity contribution in [2.24, 2.45) is 0 Å². The maximum atomic E-state index is 12.9. The Morgan fingerprint density at radius 1 is 0.710 bits per heavy atom. The Hall–Kier alpha value is -3.40. The van der Waals surface area contributed by atoms with Crippen molar-refractivity contribution in [3.8, 4) is 22.3 Å². The first-order valence-electron chi connectivity index (χ1n) is 10.5. The maximum Gasteiger partial charge on any atom is 0.338 e. The van der Waals surface area contributed by atoms with E-state index in [1.165, 1.54) is 0 Å². The van der Waals surface area contributed by atoms with Gasteiger partial charge in [0, 0.05) is 0 Å². The van der Waals surface area contributed by atoms with Gasteiger partial charge in [0.1, 0.15) is 0 Å². The van der Waals surface area contributed by atoms with Gasteiger partial charge in [-0.2, -0.15) is 0 Å². The van der Waals surface area contributed by atoms with E-state index in [9.17, 15) is 9.59 Å². The van der Waals surface area contributed by atoms with Crippen molar-refractivity contribution in [2.45, 2.75) is 34.6 Å². The molecule has 160 valence electrons. The van der Waals surface area contributed by atoms with E-state index in [1.54, 1.807) is 13.8 Å². The molecule has 0 saturated carbocycles. The second kappa shape index (κ2) is 9.61. The average molecular weight is 417 g/mol. The summed E-state index contributed by atoms with van der Waals surface area (Å²) in [7, 11) is 0. The molecule has 3 rings (SSSR count). The van der Waals surface area contributed by atoms with E-state index in [-0.39, 0.29) is 11.9 Å². The fourth-order valence-electron chi connectivity index (χ4n) is 3.77. The van der Waals surface area contributed by atoms with Crippen molar-refractivity contribution >= 4 is 11.9 Å². The molecule has 0 aromatic heterocycles. The fourth-order valence-corrected chi connectivity index (χ4v) is 3.77. The van der Waals surface area contributed by atoms with E-state index in [0.29, 0.717) is 24.3 Å². The second-order valence-electron chi connectivity index (χ2n) is 7.56. The molecule has 0 unspecified atom stereocenters. The van der Waals surface area contributed by atoms with Gasteiger partial charge >= 0.3 is 11.9 Å². The third kappa shape index (κ3) is 4.85. The summed E-state index contributed by atoms with van der Waals surface area (Å²) >= 11 is 0. The molecule has 0 atom stereocenters. The largest absolute Gasteiger partial charge is 0.462 e. The Bertz CT molecular complexity index is 1130. The molecule has 0 radical (unpaired) electrons. The van der Waals surface area contributed by atoms with Gasteiger partial charge in [0.2, 0.25) is 0 Å². The van der Waals surface area contributed by atoms with Gasteiger partial charge in [-0.3, -0.25) is 0 Å². The second-order valence-corrected chi connectivity index (χ2v) is 7.56. The van der Waals surface area contributed by atoms with Crippen LogP contribution in [0.3, 0.4) is 0 Å². The summed E-state index contributed by atoms with van der Waals surface area (Å²) in [6.07, 6.45) is 0. The molecule has 0 spiro atoms. The van der Waals surface area contributed by atoms with Crippen LogP contribution in [0.15, 0.2) is 54.6 Å². The van der Waals surface area contributed by atoms with E-state index in [4.69, 9.17) is 9.47 Å². The van der Waals surface area contributed by atoms with Crippen molar-refractivity contribution in [1.29, 1.82) is 0 Å². The predicted octanol–water partition coefficient (Wildman–Crippen LogP) is 6.30. The highest BCUT2D eigenvalue weighted by Gasteiger charge is 2.19. The highest BCUT2D eigenvalue weighted by Crippen LogP contribution is 2.35. The maximum absolute atomic E-state index is 12.9. The SMILES string of the molecule is CCOC(=O)c1cc(C)cc(-c2cc(C(=O)OCC)c(-c3ccccc3C)cc2C)c1. The van der Waals surface area contributed by atoms with Crippen LogP contribution >= 0.6 is 0 Å². The highest BCUT2D eigenvalue weighted by atomic mass is 16.5. The standard InChI is InChI=1S/C27H28O4/c1-6-30-26(28)21-13-17(3)12-20(15-21)23-16-25(27(29)31-7-2)24(14-19(23)5)22-11-9-8-10-18(22)4/h8-16H,6-7H2,1-5H3. The Morgan fingerprint density at radius 3 is 2.06 bits per heavy atom. The minimum absolute atomic E-state index is 0.298. The van der Waals surface area contributed by atoms with Crippen molar-refractivity contribution in [1.82, 2.24) is 0 Å². The summed E-state index contributed by atoms with van der Waals surface area (Å²) in [6.45, 7) is 10.2. The zero-order valence-corrected chi connectivity index (χ0v) is 18.7. The van der Waals surface area contributed by atoms with Gasteiger partial charge in [0.05, 0.1) is 24.3 Å². The number of esters is 2. The molecule has 31 heavy (non-hydrogen) atoms. The Labute approximate surface area is 183 Å². The average Bonchev–Trinajstić information content (AvgIpc) is 2.73. The smallest absolute Gasteiger partial charge is 0.338 e. The summed E-state index contributed by atoms with van der Waals surface area (Å²) in [4.78, 5) is 25.2. The lowest BCUT2D eigenvalue weighted by Gasteiger charge is -2.17. The van der Waals surface area contributed by atoms with Gasteiger partial charge in [-0.25, -0.2) is 9.59 Å². The summed E-state index contributed by atoms with van der Waals surface area (Å²) in [5.41, 5.74) is 7.63. The predicted molar refractivity (Wildman–Crippen MR) is 123 cm³/mol. The first-order chi connectivity index (χ1) is 14.8. The Kier molecular flexibility index (Phi) is 6.91. The zero-order chi connectivity index (χ0) is 22.5. The molecule has 0 saturated heterocycles. The van der Waals surface area contributed by atoms with Gasteiger partial charge in [0.25, 0.3) is 0 Å². The summed E-state index contributed by atoms with van der Waals surface area (Å²) in [5, 5.41) is 0. The van der Waals surface area contributed by atoms with Gasteiger partial charge in [0.15, 0.2) is 0 Å². The Balaban J connectivity index is 2.21. The normalized spacial score (nSPS) is 10.6. The van der Waals surface area contributed by atoms with Crippen molar-refractivity contribution < 1.29 is 19.1 Å². The molecular formula is C27H28O4. The van der Waals surface area contributed by atoms with Crippen LogP contribution in [0, 0.1) is 20.8 Å². The van der Waals surface area contributed by atoms with Crippen LogP contribution in [0.25, 0.3) is 22.3 Å². The van der Waals surface area contributed by atoms with Gasteiger partial charge in [-0.1, -0.05) is 30.3 Å². The summed E-state index contributed by atoms with van der Waals surface area (Å²) in [6, 6.07) is 17.5. The molecule has 0 aliphatic heterocycles. The van der Waals surface area contributed by atoms with E-state index in [2.05, 4.69) is 0 Å². The van der Waals surface area contributed by atoms with Gasteiger partial charge in [-0.05, 0) is 97.8 Å². The summed E-state index contributed by atoms with van der Waals surface area (Å²) < 4.78 is 10.5. The van der Waals surface area contributed by atoms with E-state index >= 15 is 0 Å². The molecule has 0 aliphatic rings. The van der Waals surface area contributed by atoms with Gasteiger partial charge < -0.3 is 9.47 Å². The van der Waals surface area contributed by atoms with Crippen LogP contribution in [-0.4, -0.2) is 25.2 Å². The number of carbonyl (C=O) groups is 2. The molecule has 3 aromatic carbocycles. The lowest BCUT2D eigenvalue weighted by atomic mass is 9.89. The first-order valence-corrected chi connectivity index (χ1v) is 10.5. The van der Waals surface area contributed by atoms with Crippen molar-refractivity contribution in [2.75, 3.05) is 13.2 Å². The Morgan fingerprint density at radius 2 is 1.39 bits per heavy atom. The van der Waals surface area contributed by atoms with Crippen LogP contribution in [0.1, 0.15) is 51.3 Å². The van der Waals surface area contributed by atoms with Crippen LogP contribution < -0.4 is 0 Å². The molecule has 3 aromatic rings.